The van der Waals surface area contributed by atoms with Crippen LogP contribution in [0.1, 0.15) is 21.6 Å². The minimum absolute atomic E-state index is 0.0983. The summed E-state index contributed by atoms with van der Waals surface area (Å²) in [6.07, 6.45) is 0.904. The number of aromatic amines is 1. The fourth-order valence-corrected chi connectivity index (χ4v) is 4.24. The Morgan fingerprint density at radius 3 is 2.56 bits per heavy atom. The molecule has 1 unspecified atom stereocenters. The number of rotatable bonds is 7. The highest BCUT2D eigenvalue weighted by molar-refractivity contribution is 7.53. The standard InChI is InChI=1S/C19H19ClNO5P/c1-12-15(19-16(11-22)18(25-2)8-7-17(19)21-12)9-10-27(23,24)26-14-5-3-13(20)4-6-14/h3-8,11,21H,9-10H2,1-2H3,(H,23,24). The van der Waals surface area contributed by atoms with E-state index in [1.807, 2.05) is 13.0 Å². The Labute approximate surface area is 161 Å². The number of aromatic nitrogens is 1. The molecule has 0 amide bonds. The van der Waals surface area contributed by atoms with E-state index in [4.69, 9.17) is 20.9 Å². The quantitative estimate of drug-likeness (QED) is 0.435. The van der Waals surface area contributed by atoms with Crippen molar-refractivity contribution < 1.29 is 23.5 Å². The van der Waals surface area contributed by atoms with Gasteiger partial charge in [-0.15, -0.1) is 0 Å². The maximum atomic E-state index is 12.5. The molecule has 0 saturated carbocycles. The van der Waals surface area contributed by atoms with Crippen molar-refractivity contribution in [2.24, 2.45) is 0 Å². The van der Waals surface area contributed by atoms with Crippen molar-refractivity contribution in [3.63, 3.8) is 0 Å². The fourth-order valence-electron chi connectivity index (χ4n) is 3.06. The molecule has 3 rings (SSSR count). The van der Waals surface area contributed by atoms with Crippen LogP contribution < -0.4 is 9.26 Å². The van der Waals surface area contributed by atoms with Gasteiger partial charge >= 0.3 is 7.60 Å². The molecule has 0 saturated heterocycles. The zero-order chi connectivity index (χ0) is 19.6. The van der Waals surface area contributed by atoms with Crippen LogP contribution in [0.2, 0.25) is 5.02 Å². The molecule has 0 bridgehead atoms. The third-order valence-electron chi connectivity index (χ3n) is 4.33. The summed E-state index contributed by atoms with van der Waals surface area (Å²) >= 11 is 5.81. The number of fused-ring (bicyclic) bond motifs is 1. The number of aldehydes is 1. The Morgan fingerprint density at radius 2 is 1.93 bits per heavy atom. The van der Waals surface area contributed by atoms with Crippen LogP contribution in [-0.4, -0.2) is 29.4 Å². The summed E-state index contributed by atoms with van der Waals surface area (Å²) in [5, 5.41) is 1.22. The Balaban J connectivity index is 1.87. The van der Waals surface area contributed by atoms with E-state index in [9.17, 15) is 14.3 Å². The van der Waals surface area contributed by atoms with Crippen molar-refractivity contribution in [2.45, 2.75) is 13.3 Å². The molecule has 0 aliphatic rings. The number of methoxy groups -OCH3 is 1. The first kappa shape index (κ1) is 19.5. The molecule has 1 aromatic heterocycles. The molecule has 8 heteroatoms. The summed E-state index contributed by atoms with van der Waals surface area (Å²) in [6.45, 7) is 1.86. The van der Waals surface area contributed by atoms with E-state index in [2.05, 4.69) is 4.98 Å². The van der Waals surface area contributed by atoms with Crippen molar-refractivity contribution in [1.82, 2.24) is 4.98 Å². The fraction of sp³-hybridized carbons (Fsp3) is 0.211. The molecule has 27 heavy (non-hydrogen) atoms. The third kappa shape index (κ3) is 4.19. The predicted molar refractivity (Wildman–Crippen MR) is 105 cm³/mol. The van der Waals surface area contributed by atoms with E-state index in [1.165, 1.54) is 19.2 Å². The van der Waals surface area contributed by atoms with Gasteiger partial charge in [0.25, 0.3) is 0 Å². The smallest absolute Gasteiger partial charge is 0.376 e. The van der Waals surface area contributed by atoms with E-state index in [0.29, 0.717) is 21.7 Å². The maximum Gasteiger partial charge on any atom is 0.376 e. The third-order valence-corrected chi connectivity index (χ3v) is 5.86. The lowest BCUT2D eigenvalue weighted by atomic mass is 10.0. The minimum atomic E-state index is -3.89. The van der Waals surface area contributed by atoms with Crippen LogP contribution >= 0.6 is 19.2 Å². The van der Waals surface area contributed by atoms with Crippen LogP contribution in [0, 0.1) is 6.92 Å². The summed E-state index contributed by atoms with van der Waals surface area (Å²) in [4.78, 5) is 25.0. The van der Waals surface area contributed by atoms with Gasteiger partial charge in [0.1, 0.15) is 11.5 Å². The van der Waals surface area contributed by atoms with Gasteiger partial charge in [0.15, 0.2) is 6.29 Å². The Bertz CT molecular complexity index is 1030. The van der Waals surface area contributed by atoms with Gasteiger partial charge in [-0.3, -0.25) is 4.79 Å². The van der Waals surface area contributed by atoms with Crippen LogP contribution in [-0.2, 0) is 11.0 Å². The Morgan fingerprint density at radius 1 is 1.22 bits per heavy atom. The molecule has 6 nitrogen and oxygen atoms in total. The van der Waals surface area contributed by atoms with Crippen molar-refractivity contribution in [1.29, 1.82) is 0 Å². The number of hydrogen-bond donors (Lipinski definition) is 2. The number of benzene rings is 2. The van der Waals surface area contributed by atoms with Crippen LogP contribution in [0.3, 0.4) is 0 Å². The highest BCUT2D eigenvalue weighted by Gasteiger charge is 2.24. The molecule has 1 heterocycles. The van der Waals surface area contributed by atoms with Gasteiger partial charge in [0.05, 0.1) is 18.8 Å². The average Bonchev–Trinajstić information content (AvgIpc) is 2.96. The summed E-state index contributed by atoms with van der Waals surface area (Å²) in [6, 6.07) is 9.79. The van der Waals surface area contributed by atoms with Gasteiger partial charge in [-0.25, -0.2) is 4.57 Å². The van der Waals surface area contributed by atoms with Crippen molar-refractivity contribution in [2.75, 3.05) is 13.3 Å². The first-order valence-electron chi connectivity index (χ1n) is 8.25. The second kappa shape index (κ2) is 7.77. The van der Waals surface area contributed by atoms with Crippen molar-refractivity contribution in [3.8, 4) is 11.5 Å². The van der Waals surface area contributed by atoms with E-state index >= 15 is 0 Å². The molecule has 0 radical (unpaired) electrons. The average molecular weight is 408 g/mol. The zero-order valence-electron chi connectivity index (χ0n) is 14.9. The lowest BCUT2D eigenvalue weighted by Crippen LogP contribution is -2.02. The highest BCUT2D eigenvalue weighted by Crippen LogP contribution is 2.44. The number of ether oxygens (including phenoxy) is 1. The highest BCUT2D eigenvalue weighted by atomic mass is 35.5. The molecule has 2 aromatic carbocycles. The number of carbonyl (C=O) groups is 1. The lowest BCUT2D eigenvalue weighted by Gasteiger charge is -2.14. The molecule has 2 N–H and O–H groups in total. The second-order valence-corrected chi connectivity index (χ2v) is 8.45. The Hall–Kier alpha value is -2.27. The van der Waals surface area contributed by atoms with E-state index in [0.717, 1.165) is 23.1 Å². The lowest BCUT2D eigenvalue weighted by molar-refractivity contribution is 0.112. The predicted octanol–water partition coefficient (Wildman–Crippen LogP) is 4.76. The Kier molecular flexibility index (Phi) is 5.61. The van der Waals surface area contributed by atoms with Gasteiger partial charge in [-0.1, -0.05) is 11.6 Å². The number of aryl methyl sites for hydroxylation is 2. The van der Waals surface area contributed by atoms with Gasteiger partial charge < -0.3 is 19.1 Å². The molecule has 0 aliphatic heterocycles. The van der Waals surface area contributed by atoms with Gasteiger partial charge in [0.2, 0.25) is 0 Å². The summed E-state index contributed by atoms with van der Waals surface area (Å²) < 4.78 is 23.0. The molecule has 0 spiro atoms. The van der Waals surface area contributed by atoms with E-state index in [1.54, 1.807) is 18.2 Å². The van der Waals surface area contributed by atoms with Gasteiger partial charge in [-0.2, -0.15) is 0 Å². The van der Waals surface area contributed by atoms with Crippen LogP contribution in [0.15, 0.2) is 36.4 Å². The van der Waals surface area contributed by atoms with Gasteiger partial charge in [0, 0.05) is 21.6 Å². The first-order chi connectivity index (χ1) is 12.8. The summed E-state index contributed by atoms with van der Waals surface area (Å²) in [7, 11) is -2.39. The monoisotopic (exact) mass is 407 g/mol. The number of carbonyl (C=O) groups excluding carboxylic acids is 1. The van der Waals surface area contributed by atoms with Gasteiger partial charge in [-0.05, 0) is 55.3 Å². The van der Waals surface area contributed by atoms with Crippen molar-refractivity contribution in [3.05, 3.63) is 58.2 Å². The van der Waals surface area contributed by atoms with Crippen molar-refractivity contribution >= 4 is 36.4 Å². The summed E-state index contributed by atoms with van der Waals surface area (Å²) in [5.74, 6) is 0.735. The van der Waals surface area contributed by atoms with Crippen LogP contribution in [0.25, 0.3) is 10.9 Å². The minimum Gasteiger partial charge on any atom is -0.496 e. The summed E-state index contributed by atoms with van der Waals surface area (Å²) in [5.41, 5.74) is 2.81. The number of nitrogens with one attached hydrogen (secondary N) is 1. The zero-order valence-corrected chi connectivity index (χ0v) is 16.5. The molecule has 3 aromatic rings. The maximum absolute atomic E-state index is 12.5. The molecule has 142 valence electrons. The number of hydrogen-bond acceptors (Lipinski definition) is 4. The molecule has 0 aliphatic carbocycles. The second-order valence-electron chi connectivity index (χ2n) is 6.11. The SMILES string of the molecule is COc1ccc2[nH]c(C)c(CCP(=O)(O)Oc3ccc(Cl)cc3)c2c1C=O. The number of halogens is 1. The largest absolute Gasteiger partial charge is 0.496 e. The van der Waals surface area contributed by atoms with E-state index in [-0.39, 0.29) is 18.3 Å². The molecule has 0 fully saturated rings. The van der Waals surface area contributed by atoms with Crippen LogP contribution in [0.5, 0.6) is 11.5 Å². The molecular weight excluding hydrogens is 389 g/mol. The van der Waals surface area contributed by atoms with Crippen LogP contribution in [0.4, 0.5) is 0 Å². The topological polar surface area (TPSA) is 88.6 Å². The first-order valence-corrected chi connectivity index (χ1v) is 10.4. The molecule has 1 atom stereocenters. The van der Waals surface area contributed by atoms with E-state index < -0.39 is 7.60 Å². The number of H-pyrrole nitrogens is 1. The molecular formula is C19H19ClNO5P. The normalized spacial score (nSPS) is 13.3.